The summed E-state index contributed by atoms with van der Waals surface area (Å²) < 4.78 is 0. The van der Waals surface area contributed by atoms with Crippen molar-refractivity contribution in [1.29, 1.82) is 0 Å². The van der Waals surface area contributed by atoms with Crippen molar-refractivity contribution in [3.8, 4) is 0 Å². The number of rotatable bonds is 7. The molecule has 2 heterocycles. The van der Waals surface area contributed by atoms with Gasteiger partial charge in [-0.2, -0.15) is 10.1 Å². The van der Waals surface area contributed by atoms with E-state index in [1.165, 1.54) is 5.69 Å². The Morgan fingerprint density at radius 2 is 1.81 bits per heavy atom. The average Bonchev–Trinajstić information content (AvgIpc) is 2.63. The molecule has 0 spiro atoms. The highest BCUT2D eigenvalue weighted by Crippen LogP contribution is 2.21. The van der Waals surface area contributed by atoms with Gasteiger partial charge in [-0.15, -0.1) is 5.10 Å². The van der Waals surface area contributed by atoms with Crippen molar-refractivity contribution in [3.05, 3.63) is 30.5 Å². The summed E-state index contributed by atoms with van der Waals surface area (Å²) in [7, 11) is 2.17. The molecule has 0 amide bonds. The van der Waals surface area contributed by atoms with Crippen LogP contribution in [0.5, 0.6) is 0 Å². The molecule has 7 nitrogen and oxygen atoms in total. The summed E-state index contributed by atoms with van der Waals surface area (Å²) in [6.07, 6.45) is 2.72. The molecule has 0 radical (unpaired) electrons. The first-order valence-corrected chi connectivity index (χ1v) is 9.34. The van der Waals surface area contributed by atoms with Crippen molar-refractivity contribution in [3.63, 3.8) is 0 Å². The van der Waals surface area contributed by atoms with E-state index in [0.717, 1.165) is 44.8 Å². The number of hydrogen-bond donors (Lipinski definition) is 2. The first-order valence-electron chi connectivity index (χ1n) is 9.34. The van der Waals surface area contributed by atoms with Gasteiger partial charge in [-0.25, -0.2) is 0 Å². The quantitative estimate of drug-likeness (QED) is 0.791. The summed E-state index contributed by atoms with van der Waals surface area (Å²) in [5, 5.41) is 14.6. The molecule has 1 saturated heterocycles. The summed E-state index contributed by atoms with van der Waals surface area (Å²) in [5.41, 5.74) is 2.26. The lowest BCUT2D eigenvalue weighted by atomic mass is 10.1. The number of aromatic nitrogens is 3. The van der Waals surface area contributed by atoms with Gasteiger partial charge in [0.2, 0.25) is 5.95 Å². The van der Waals surface area contributed by atoms with Gasteiger partial charge >= 0.3 is 0 Å². The van der Waals surface area contributed by atoms with Crippen molar-refractivity contribution in [1.82, 2.24) is 20.1 Å². The van der Waals surface area contributed by atoms with E-state index in [1.54, 1.807) is 6.20 Å². The van der Waals surface area contributed by atoms with Crippen LogP contribution in [0.15, 0.2) is 30.5 Å². The number of benzene rings is 1. The van der Waals surface area contributed by atoms with Crippen LogP contribution in [0, 0.1) is 5.92 Å². The fourth-order valence-corrected chi connectivity index (χ4v) is 2.88. The molecule has 2 aromatic rings. The number of anilines is 4. The molecule has 0 bridgehead atoms. The molecule has 0 aliphatic carbocycles. The van der Waals surface area contributed by atoms with Gasteiger partial charge in [0.25, 0.3) is 0 Å². The monoisotopic (exact) mass is 355 g/mol. The van der Waals surface area contributed by atoms with Gasteiger partial charge in [0.1, 0.15) is 0 Å². The third kappa shape index (κ3) is 5.29. The number of nitrogens with zero attached hydrogens (tertiary/aromatic N) is 5. The van der Waals surface area contributed by atoms with Gasteiger partial charge in [0, 0.05) is 44.1 Å². The fourth-order valence-electron chi connectivity index (χ4n) is 2.88. The van der Waals surface area contributed by atoms with E-state index in [0.29, 0.717) is 17.7 Å². The highest BCUT2D eigenvalue weighted by atomic mass is 15.3. The fraction of sp³-hybridized carbons (Fsp3) is 0.526. The lowest BCUT2D eigenvalue weighted by molar-refractivity contribution is 0.313. The summed E-state index contributed by atoms with van der Waals surface area (Å²) >= 11 is 0. The minimum atomic E-state index is 0.560. The molecule has 1 aromatic heterocycles. The zero-order valence-electron chi connectivity index (χ0n) is 15.9. The van der Waals surface area contributed by atoms with Crippen LogP contribution in [0.2, 0.25) is 0 Å². The predicted molar refractivity (Wildman–Crippen MR) is 107 cm³/mol. The molecule has 1 aromatic carbocycles. The van der Waals surface area contributed by atoms with Crippen molar-refractivity contribution < 1.29 is 0 Å². The lowest BCUT2D eigenvalue weighted by Crippen LogP contribution is -2.44. The normalized spacial score (nSPS) is 15.3. The molecule has 1 fully saturated rings. The van der Waals surface area contributed by atoms with Crippen LogP contribution in [-0.4, -0.2) is 59.9 Å². The molecule has 0 saturated carbocycles. The van der Waals surface area contributed by atoms with E-state index < -0.39 is 0 Å². The predicted octanol–water partition coefficient (Wildman–Crippen LogP) is 2.83. The molecular formula is C19H29N7. The third-order valence-electron chi connectivity index (χ3n) is 4.57. The van der Waals surface area contributed by atoms with E-state index in [9.17, 15) is 0 Å². The van der Waals surface area contributed by atoms with Crippen molar-refractivity contribution in [2.45, 2.75) is 20.3 Å². The van der Waals surface area contributed by atoms with Crippen molar-refractivity contribution >= 4 is 23.1 Å². The van der Waals surface area contributed by atoms with Gasteiger partial charge in [-0.3, -0.25) is 0 Å². The molecule has 140 valence electrons. The zero-order valence-corrected chi connectivity index (χ0v) is 15.9. The minimum Gasteiger partial charge on any atom is -0.369 e. The molecule has 1 aliphatic heterocycles. The maximum atomic E-state index is 4.47. The summed E-state index contributed by atoms with van der Waals surface area (Å²) in [6, 6.07) is 8.48. The Kier molecular flexibility index (Phi) is 6.22. The first-order chi connectivity index (χ1) is 12.6. The van der Waals surface area contributed by atoms with Gasteiger partial charge in [-0.1, -0.05) is 13.8 Å². The van der Waals surface area contributed by atoms with Crippen LogP contribution < -0.4 is 15.5 Å². The second-order valence-electron chi connectivity index (χ2n) is 7.24. The Morgan fingerprint density at radius 3 is 2.50 bits per heavy atom. The van der Waals surface area contributed by atoms with Crippen LogP contribution in [0.1, 0.15) is 20.3 Å². The Balaban J connectivity index is 1.57. The number of piperazine rings is 1. The van der Waals surface area contributed by atoms with Gasteiger partial charge in [0.05, 0.1) is 6.20 Å². The van der Waals surface area contributed by atoms with E-state index in [4.69, 9.17) is 0 Å². The standard InChI is InChI=1S/C19H29N7/c1-15(2)8-9-20-19-23-18(14-21-24-19)22-16-4-6-17(7-5-16)26-12-10-25(3)11-13-26/h4-7,14-15H,8-13H2,1-3H3,(H2,20,22,23,24). The Bertz CT molecular complexity index is 679. The molecular weight excluding hydrogens is 326 g/mol. The zero-order chi connectivity index (χ0) is 18.4. The van der Waals surface area contributed by atoms with Crippen LogP contribution in [0.25, 0.3) is 0 Å². The molecule has 7 heteroatoms. The Hall–Kier alpha value is -2.41. The second kappa shape index (κ2) is 8.80. The summed E-state index contributed by atoms with van der Waals surface area (Å²) in [4.78, 5) is 9.26. The van der Waals surface area contributed by atoms with Crippen LogP contribution in [0.4, 0.5) is 23.1 Å². The number of nitrogens with one attached hydrogen (secondary N) is 2. The second-order valence-corrected chi connectivity index (χ2v) is 7.24. The SMILES string of the molecule is CC(C)CCNc1nncc(Nc2ccc(N3CCN(C)CC3)cc2)n1. The van der Waals surface area contributed by atoms with Gasteiger partial charge in [0.15, 0.2) is 5.82 Å². The van der Waals surface area contributed by atoms with Crippen LogP contribution in [0.3, 0.4) is 0 Å². The molecule has 0 atom stereocenters. The van der Waals surface area contributed by atoms with Crippen molar-refractivity contribution in [2.75, 3.05) is 55.3 Å². The maximum Gasteiger partial charge on any atom is 0.244 e. The topological polar surface area (TPSA) is 69.2 Å². The van der Waals surface area contributed by atoms with Crippen molar-refractivity contribution in [2.24, 2.45) is 5.92 Å². The summed E-state index contributed by atoms with van der Waals surface area (Å²) in [6.45, 7) is 9.62. The van der Waals surface area contributed by atoms with Gasteiger partial charge < -0.3 is 20.4 Å². The van der Waals surface area contributed by atoms with Crippen LogP contribution in [-0.2, 0) is 0 Å². The number of hydrogen-bond acceptors (Lipinski definition) is 7. The Labute approximate surface area is 155 Å². The highest BCUT2D eigenvalue weighted by molar-refractivity contribution is 5.61. The minimum absolute atomic E-state index is 0.560. The van der Waals surface area contributed by atoms with E-state index in [1.807, 2.05) is 0 Å². The number of likely N-dealkylation sites (N-methyl/N-ethyl adjacent to an activating group) is 1. The van der Waals surface area contributed by atoms with Crippen LogP contribution >= 0.6 is 0 Å². The highest BCUT2D eigenvalue weighted by Gasteiger charge is 2.14. The smallest absolute Gasteiger partial charge is 0.244 e. The van der Waals surface area contributed by atoms with E-state index in [-0.39, 0.29) is 0 Å². The maximum absolute atomic E-state index is 4.47. The van der Waals surface area contributed by atoms with E-state index >= 15 is 0 Å². The molecule has 2 N–H and O–H groups in total. The van der Waals surface area contributed by atoms with E-state index in [2.05, 4.69) is 80.8 Å². The largest absolute Gasteiger partial charge is 0.369 e. The molecule has 1 aliphatic rings. The molecule has 26 heavy (non-hydrogen) atoms. The molecule has 3 rings (SSSR count). The van der Waals surface area contributed by atoms with Gasteiger partial charge in [-0.05, 0) is 43.7 Å². The average molecular weight is 355 g/mol. The first kappa shape index (κ1) is 18.4. The Morgan fingerprint density at radius 1 is 1.08 bits per heavy atom. The third-order valence-corrected chi connectivity index (χ3v) is 4.57. The molecule has 0 unspecified atom stereocenters. The summed E-state index contributed by atoms with van der Waals surface area (Å²) in [5.74, 6) is 1.90. The lowest BCUT2D eigenvalue weighted by Gasteiger charge is -2.34.